The minimum Gasteiger partial charge on any atom is -0.871 e. The summed E-state index contributed by atoms with van der Waals surface area (Å²) in [4.78, 5) is 15.3. The molecule has 0 N–H and O–H groups in total. The second-order valence-electron chi connectivity index (χ2n) is 8.95. The van der Waals surface area contributed by atoms with Crippen molar-refractivity contribution >= 4 is 39.4 Å². The van der Waals surface area contributed by atoms with Gasteiger partial charge in [-0.3, -0.25) is 4.79 Å². The van der Waals surface area contributed by atoms with Crippen LogP contribution in [0, 0.1) is 5.41 Å². The normalized spacial score (nSPS) is 21.2. The Hall–Kier alpha value is -3.27. The van der Waals surface area contributed by atoms with Gasteiger partial charge in [-0.05, 0) is 43.7 Å². The first kappa shape index (κ1) is 27.3. The third-order valence-corrected chi connectivity index (χ3v) is 7.90. The van der Waals surface area contributed by atoms with Crippen LogP contribution < -0.4 is 9.67 Å². The average Bonchev–Trinajstić information content (AvgIpc) is 3.24. The molecule has 1 aliphatic heterocycles. The highest BCUT2D eigenvalue weighted by atomic mass is 32.2. The minimum atomic E-state index is -4.66. The quantitative estimate of drug-likeness (QED) is 0.234. The van der Waals surface area contributed by atoms with Crippen LogP contribution in [0.2, 0.25) is 0 Å². The average molecular weight is 526 g/mol. The summed E-state index contributed by atoms with van der Waals surface area (Å²) in [6.07, 6.45) is 18.6. The van der Waals surface area contributed by atoms with Gasteiger partial charge in [0.2, 0.25) is 0 Å². The second kappa shape index (κ2) is 10.4. The topological polar surface area (TPSA) is 104 Å². The molecular formula is C27H29N2O5S2-. The minimum absolute atomic E-state index is 0.0762. The van der Waals surface area contributed by atoms with E-state index in [0.29, 0.717) is 11.3 Å². The SMILES string of the molecule is C/C=C\C=C/c1c[n+](C)c(C=C2C(=O)C(C=C3N(C)C=C(/C=C(\C=C/C)S(=O)(=O)[O-])C3(C)C)=C2[O-])s1. The van der Waals surface area contributed by atoms with E-state index in [9.17, 15) is 22.9 Å². The number of carbonyl (C=O) groups excluding carboxylic acids is 1. The molecule has 1 aromatic heterocycles. The van der Waals surface area contributed by atoms with E-state index in [1.807, 2.05) is 62.9 Å². The molecule has 0 radical (unpaired) electrons. The van der Waals surface area contributed by atoms with Crippen molar-refractivity contribution in [3.8, 4) is 0 Å². The van der Waals surface area contributed by atoms with Crippen LogP contribution in [0.15, 0.2) is 88.0 Å². The van der Waals surface area contributed by atoms with Crippen molar-refractivity contribution in [3.05, 3.63) is 97.9 Å². The summed E-state index contributed by atoms with van der Waals surface area (Å²) in [7, 11) is -1.06. The molecule has 2 aliphatic rings. The molecule has 0 aromatic carbocycles. The zero-order valence-corrected chi connectivity index (χ0v) is 22.7. The van der Waals surface area contributed by atoms with Crippen LogP contribution in [0.5, 0.6) is 0 Å². The summed E-state index contributed by atoms with van der Waals surface area (Å²) in [6.45, 7) is 7.24. The summed E-state index contributed by atoms with van der Waals surface area (Å²) >= 11 is 1.47. The first-order valence-corrected chi connectivity index (χ1v) is 13.5. The van der Waals surface area contributed by atoms with Crippen LogP contribution in [0.3, 0.4) is 0 Å². The summed E-state index contributed by atoms with van der Waals surface area (Å²) < 4.78 is 36.8. The zero-order chi connectivity index (χ0) is 26.8. The first-order chi connectivity index (χ1) is 16.8. The molecule has 2 heterocycles. The number of allylic oxidation sites excluding steroid dienone is 10. The van der Waals surface area contributed by atoms with Crippen LogP contribution in [-0.2, 0) is 22.0 Å². The van der Waals surface area contributed by atoms with Crippen molar-refractivity contribution < 1.29 is 27.4 Å². The molecular weight excluding hydrogens is 496 g/mol. The largest absolute Gasteiger partial charge is 0.871 e. The number of Topliss-reactive ketones (excluding diaryl/α,β-unsaturated/α-hetero) is 1. The highest BCUT2D eigenvalue weighted by Gasteiger charge is 2.37. The molecule has 0 atom stereocenters. The summed E-state index contributed by atoms with van der Waals surface area (Å²) in [6, 6.07) is 0. The van der Waals surface area contributed by atoms with Gasteiger partial charge in [-0.2, -0.15) is 4.57 Å². The second-order valence-corrected chi connectivity index (χ2v) is 11.4. The number of hydrogen-bond donors (Lipinski definition) is 0. The lowest BCUT2D eigenvalue weighted by Crippen LogP contribution is -2.32. The summed E-state index contributed by atoms with van der Waals surface area (Å²) in [5.41, 5.74) is 0.678. The number of rotatable bonds is 7. The van der Waals surface area contributed by atoms with Crippen molar-refractivity contribution in [1.29, 1.82) is 0 Å². The van der Waals surface area contributed by atoms with Gasteiger partial charge in [0.1, 0.15) is 17.2 Å². The zero-order valence-electron chi connectivity index (χ0n) is 21.1. The molecule has 0 spiro atoms. The predicted octanol–water partition coefficient (Wildman–Crippen LogP) is 3.49. The van der Waals surface area contributed by atoms with Crippen LogP contribution in [0.25, 0.3) is 12.2 Å². The lowest BCUT2D eigenvalue weighted by atomic mass is 9.80. The van der Waals surface area contributed by atoms with Gasteiger partial charge in [-0.1, -0.05) is 55.2 Å². The first-order valence-electron chi connectivity index (χ1n) is 11.3. The number of ketones is 1. The van der Waals surface area contributed by atoms with Gasteiger partial charge in [0.15, 0.2) is 12.0 Å². The van der Waals surface area contributed by atoms with Crippen molar-refractivity contribution in [2.24, 2.45) is 12.5 Å². The number of carbonyl (C=O) groups is 1. The third-order valence-electron chi connectivity index (χ3n) is 5.97. The molecule has 0 amide bonds. The Balaban J connectivity index is 1.95. The van der Waals surface area contributed by atoms with Crippen LogP contribution in [0.1, 0.15) is 37.6 Å². The van der Waals surface area contributed by atoms with Gasteiger partial charge in [0.25, 0.3) is 5.01 Å². The molecule has 3 rings (SSSR count). The lowest BCUT2D eigenvalue weighted by Gasteiger charge is -2.32. The molecule has 0 saturated heterocycles. The van der Waals surface area contributed by atoms with Gasteiger partial charge in [-0.15, -0.1) is 0 Å². The van der Waals surface area contributed by atoms with Gasteiger partial charge in [0.05, 0.1) is 9.78 Å². The molecule has 1 aliphatic carbocycles. The summed E-state index contributed by atoms with van der Waals surface area (Å²) in [5, 5.41) is 13.7. The highest BCUT2D eigenvalue weighted by molar-refractivity contribution is 7.90. The van der Waals surface area contributed by atoms with E-state index in [0.717, 1.165) is 9.88 Å². The monoisotopic (exact) mass is 525 g/mol. The molecule has 0 bridgehead atoms. The lowest BCUT2D eigenvalue weighted by molar-refractivity contribution is -0.668. The van der Waals surface area contributed by atoms with Gasteiger partial charge >= 0.3 is 0 Å². The Labute approximate surface area is 216 Å². The van der Waals surface area contributed by atoms with E-state index < -0.39 is 15.5 Å². The fourth-order valence-electron chi connectivity index (χ4n) is 3.95. The molecule has 36 heavy (non-hydrogen) atoms. The van der Waals surface area contributed by atoms with E-state index in [1.165, 1.54) is 29.6 Å². The smallest absolute Gasteiger partial charge is 0.262 e. The standard InChI is InChI=1S/C27H30N2O5S2/c1-7-9-10-12-19-17-29(6)24(35-19)15-22-25(30)21(26(22)31)14-23-27(3,4)18(16-28(23)5)13-20(11-8-2)36(32,33)34/h7-17H,1-6H3,(H-,30,31,32,33,34)/p-1/b9-7-,11-8-,12-10-,20-13+. The Bertz CT molecular complexity index is 1440. The Morgan fingerprint density at radius 1 is 1.17 bits per heavy atom. The number of nitrogens with zero attached hydrogens (tertiary/aromatic N) is 2. The number of thiazole rings is 1. The van der Waals surface area contributed by atoms with Crippen LogP contribution in [0.4, 0.5) is 0 Å². The Morgan fingerprint density at radius 2 is 1.86 bits per heavy atom. The van der Waals surface area contributed by atoms with E-state index >= 15 is 0 Å². The Kier molecular flexibility index (Phi) is 7.88. The molecule has 1 aromatic rings. The van der Waals surface area contributed by atoms with E-state index in [-0.39, 0.29) is 27.6 Å². The fourth-order valence-corrected chi connectivity index (χ4v) is 5.50. The van der Waals surface area contributed by atoms with E-state index in [2.05, 4.69) is 0 Å². The molecule has 0 unspecified atom stereocenters. The van der Waals surface area contributed by atoms with Crippen molar-refractivity contribution in [3.63, 3.8) is 0 Å². The molecule has 0 saturated carbocycles. The maximum atomic E-state index is 12.9. The van der Waals surface area contributed by atoms with E-state index in [1.54, 1.807) is 37.2 Å². The number of aryl methyl sites for hydroxylation is 1. The number of hydrogen-bond acceptors (Lipinski definition) is 7. The number of aromatic nitrogens is 1. The maximum absolute atomic E-state index is 12.9. The third kappa shape index (κ3) is 5.43. The van der Waals surface area contributed by atoms with Crippen LogP contribution in [-0.4, -0.2) is 30.7 Å². The molecule has 9 heteroatoms. The van der Waals surface area contributed by atoms with Gasteiger partial charge in [0, 0.05) is 41.6 Å². The van der Waals surface area contributed by atoms with E-state index in [4.69, 9.17) is 0 Å². The van der Waals surface area contributed by atoms with Crippen molar-refractivity contribution in [2.75, 3.05) is 7.05 Å². The predicted molar refractivity (Wildman–Crippen MR) is 140 cm³/mol. The van der Waals surface area contributed by atoms with Gasteiger partial charge < -0.3 is 14.6 Å². The molecule has 190 valence electrons. The van der Waals surface area contributed by atoms with Crippen LogP contribution >= 0.6 is 11.3 Å². The van der Waals surface area contributed by atoms with Crippen molar-refractivity contribution in [2.45, 2.75) is 27.7 Å². The summed E-state index contributed by atoms with van der Waals surface area (Å²) in [5.74, 6) is -0.673. The maximum Gasteiger partial charge on any atom is 0.262 e. The van der Waals surface area contributed by atoms with Crippen molar-refractivity contribution in [1.82, 2.24) is 4.90 Å². The Morgan fingerprint density at radius 3 is 2.44 bits per heavy atom. The molecule has 7 nitrogen and oxygen atoms in total. The fraction of sp³-hybridized carbons (Fsp3) is 0.259. The van der Waals surface area contributed by atoms with Gasteiger partial charge in [-0.25, -0.2) is 8.42 Å². The molecule has 0 fully saturated rings. The highest BCUT2D eigenvalue weighted by Crippen LogP contribution is 2.45.